The molecule has 214 valence electrons. The quantitative estimate of drug-likeness (QED) is 0.133. The van der Waals surface area contributed by atoms with Crippen LogP contribution in [0.1, 0.15) is 11.4 Å². The molecule has 7 aromatic rings. The zero-order chi connectivity index (χ0) is 29.7. The van der Waals surface area contributed by atoms with Crippen molar-refractivity contribution in [1.29, 1.82) is 0 Å². The van der Waals surface area contributed by atoms with E-state index in [1.54, 1.807) is 48.5 Å². The monoisotopic (exact) mass is 595 g/mol. The summed E-state index contributed by atoms with van der Waals surface area (Å²) in [6.45, 7) is 0. The lowest BCUT2D eigenvalue weighted by atomic mass is 10.1. The highest BCUT2D eigenvalue weighted by atomic mass is 32.2. The maximum atomic E-state index is 11.7. The number of H-pyrrole nitrogens is 4. The van der Waals surface area contributed by atoms with E-state index in [2.05, 4.69) is 45.5 Å². The van der Waals surface area contributed by atoms with Crippen molar-refractivity contribution in [1.82, 2.24) is 34.9 Å². The summed E-state index contributed by atoms with van der Waals surface area (Å²) in [5.41, 5.74) is 4.14. The van der Waals surface area contributed by atoms with Crippen LogP contribution in [-0.4, -0.2) is 47.9 Å². The average Bonchev–Trinajstić information content (AvgIpc) is 3.51. The van der Waals surface area contributed by atoms with Gasteiger partial charge in [0.2, 0.25) is 11.9 Å². The zero-order valence-electron chi connectivity index (χ0n) is 22.0. The van der Waals surface area contributed by atoms with Crippen LogP contribution in [0.5, 0.6) is 0 Å². The van der Waals surface area contributed by atoms with E-state index in [0.717, 1.165) is 10.9 Å². The third-order valence-electron chi connectivity index (χ3n) is 6.76. The second-order valence-corrected chi connectivity index (χ2v) is 11.2. The minimum atomic E-state index is -4.32. The molecule has 0 amide bonds. The van der Waals surface area contributed by atoms with E-state index in [0.29, 0.717) is 51.1 Å². The molecule has 0 aliphatic rings. The van der Waals surface area contributed by atoms with Crippen LogP contribution in [-0.2, 0) is 16.5 Å². The topological polar surface area (TPSA) is 214 Å². The summed E-state index contributed by atoms with van der Waals surface area (Å²) in [7, 11) is -4.32. The number of nitrogens with one attached hydrogen (secondary N) is 6. The Labute approximate surface area is 241 Å². The predicted molar refractivity (Wildman–Crippen MR) is 161 cm³/mol. The summed E-state index contributed by atoms with van der Waals surface area (Å²) in [5.74, 6) is 0.931. The van der Waals surface area contributed by atoms with Gasteiger partial charge in [-0.3, -0.25) is 4.55 Å². The Bertz CT molecular complexity index is 2320. The summed E-state index contributed by atoms with van der Waals surface area (Å²) >= 11 is 0. The first kappa shape index (κ1) is 26.1. The van der Waals surface area contributed by atoms with Gasteiger partial charge >= 0.3 is 11.4 Å². The second-order valence-electron chi connectivity index (χ2n) is 9.82. The Balaban J connectivity index is 1.24. The molecule has 0 unspecified atom stereocenters. The van der Waals surface area contributed by atoms with E-state index in [1.807, 2.05) is 12.1 Å². The van der Waals surface area contributed by atoms with E-state index < -0.39 is 10.1 Å². The molecule has 0 saturated carbocycles. The minimum Gasteiger partial charge on any atom is -0.324 e. The molecule has 4 aromatic carbocycles. The number of fused-ring (bicyclic) bond motifs is 3. The Morgan fingerprint density at radius 3 is 1.88 bits per heavy atom. The molecule has 0 radical (unpaired) electrons. The van der Waals surface area contributed by atoms with Gasteiger partial charge < -0.3 is 30.6 Å². The Morgan fingerprint density at radius 2 is 1.19 bits per heavy atom. The fourth-order valence-electron chi connectivity index (χ4n) is 4.81. The summed E-state index contributed by atoms with van der Waals surface area (Å²) < 4.78 is 32.4. The van der Waals surface area contributed by atoms with Gasteiger partial charge in [-0.2, -0.15) is 23.4 Å². The Morgan fingerprint density at radius 1 is 0.628 bits per heavy atom. The number of anilines is 4. The fourth-order valence-corrected chi connectivity index (χ4v) is 5.33. The van der Waals surface area contributed by atoms with Crippen LogP contribution in [0.15, 0.2) is 87.3 Å². The lowest BCUT2D eigenvalue weighted by Crippen LogP contribution is -2.08. The van der Waals surface area contributed by atoms with Crippen molar-refractivity contribution < 1.29 is 13.0 Å². The molecule has 43 heavy (non-hydrogen) atoms. The first-order chi connectivity index (χ1) is 20.6. The normalized spacial score (nSPS) is 11.8. The number of hydrogen-bond donors (Lipinski definition) is 7. The van der Waals surface area contributed by atoms with Crippen LogP contribution in [0, 0.1) is 0 Å². The first-order valence-corrected chi connectivity index (χ1v) is 14.3. The van der Waals surface area contributed by atoms with Crippen LogP contribution in [0.3, 0.4) is 0 Å². The van der Waals surface area contributed by atoms with Crippen LogP contribution in [0.2, 0.25) is 0 Å². The number of aromatic nitrogens is 7. The molecule has 0 aliphatic carbocycles. The van der Waals surface area contributed by atoms with Crippen LogP contribution < -0.4 is 22.0 Å². The number of aromatic amines is 4. The number of hydrogen-bond acceptors (Lipinski definition) is 9. The fraction of sp³-hybridized carbons (Fsp3) is 0.0357. The van der Waals surface area contributed by atoms with Gasteiger partial charge in [-0.15, -0.1) is 0 Å². The largest absolute Gasteiger partial charge is 0.324 e. The van der Waals surface area contributed by atoms with E-state index in [4.69, 9.17) is 0 Å². The number of rotatable bonds is 7. The van der Waals surface area contributed by atoms with Gasteiger partial charge in [-0.05, 0) is 70.9 Å². The van der Waals surface area contributed by atoms with Crippen molar-refractivity contribution in [2.45, 2.75) is 11.3 Å². The predicted octanol–water partition coefficient (Wildman–Crippen LogP) is 3.69. The summed E-state index contributed by atoms with van der Waals surface area (Å²) in [5, 5.41) is 7.70. The van der Waals surface area contributed by atoms with Crippen LogP contribution >= 0.6 is 0 Å². The van der Waals surface area contributed by atoms with Gasteiger partial charge in [0.15, 0.2) is 0 Å². The zero-order valence-corrected chi connectivity index (χ0v) is 22.8. The highest BCUT2D eigenvalue weighted by molar-refractivity contribution is 7.85. The summed E-state index contributed by atoms with van der Waals surface area (Å²) in [6.07, 6.45) is 0.329. The minimum absolute atomic E-state index is 0.192. The molecule has 0 aliphatic heterocycles. The van der Waals surface area contributed by atoms with Crippen molar-refractivity contribution in [2.75, 3.05) is 10.6 Å². The first-order valence-electron chi connectivity index (χ1n) is 12.9. The number of nitrogens with zero attached hydrogens (tertiary/aromatic N) is 3. The maximum absolute atomic E-state index is 11.7. The van der Waals surface area contributed by atoms with Gasteiger partial charge in [0.25, 0.3) is 10.1 Å². The number of imidazole rings is 2. The van der Waals surface area contributed by atoms with Crippen LogP contribution in [0.25, 0.3) is 32.8 Å². The highest BCUT2D eigenvalue weighted by Gasteiger charge is 2.13. The van der Waals surface area contributed by atoms with Crippen molar-refractivity contribution in [3.05, 3.63) is 105 Å². The molecule has 14 nitrogen and oxygen atoms in total. The second kappa shape index (κ2) is 9.93. The van der Waals surface area contributed by atoms with Gasteiger partial charge in [0.1, 0.15) is 5.82 Å². The van der Waals surface area contributed by atoms with Crippen molar-refractivity contribution in [3.8, 4) is 0 Å². The van der Waals surface area contributed by atoms with E-state index in [-0.39, 0.29) is 28.2 Å². The van der Waals surface area contributed by atoms with E-state index in [9.17, 15) is 22.6 Å². The van der Waals surface area contributed by atoms with E-state index in [1.165, 1.54) is 12.1 Å². The van der Waals surface area contributed by atoms with Crippen molar-refractivity contribution in [2.24, 2.45) is 0 Å². The molecule has 7 rings (SSSR count). The Hall–Kier alpha value is -5.80. The van der Waals surface area contributed by atoms with Gasteiger partial charge in [0, 0.05) is 17.8 Å². The lowest BCUT2D eigenvalue weighted by molar-refractivity contribution is 0.483. The van der Waals surface area contributed by atoms with Gasteiger partial charge in [-0.25, -0.2) is 9.59 Å². The molecular formula is C28H21N9O5S. The van der Waals surface area contributed by atoms with E-state index >= 15 is 0 Å². The molecule has 15 heteroatoms. The maximum Gasteiger partial charge on any atom is 0.323 e. The standard InChI is InChI=1S/C28H21N9O5S/c38-27-31-20-7-1-14(9-22(20)33-27)10-24-35-25(29-17-4-2-16-12-19(43(40,41)42)6-3-15(16)11-17)37-26(36-24)30-18-5-8-21-23(13-18)34-28(39)32-21/h1-9,11-13H,10H2,(H2,31,33,38)(H2,32,34,39)(H,40,41,42)(H2,29,30,35,36,37). The Kier molecular flexibility index (Phi) is 6.03. The summed E-state index contributed by atoms with van der Waals surface area (Å²) in [4.78, 5) is 47.9. The lowest BCUT2D eigenvalue weighted by Gasteiger charge is -2.11. The molecule has 3 heterocycles. The summed E-state index contributed by atoms with van der Waals surface area (Å²) in [6, 6.07) is 20.4. The third-order valence-corrected chi connectivity index (χ3v) is 7.61. The molecule has 0 bridgehead atoms. The SMILES string of the molecule is O=c1[nH]c2ccc(Cc3nc(Nc4ccc5cc(S(=O)(=O)O)ccc5c4)nc(Nc4ccc5[nH]c(=O)[nH]c5c4)n3)cc2[nH]1. The smallest absolute Gasteiger partial charge is 0.323 e. The van der Waals surface area contributed by atoms with Crippen molar-refractivity contribution >= 4 is 66.2 Å². The molecule has 0 spiro atoms. The molecule has 0 atom stereocenters. The third kappa shape index (κ3) is 5.44. The average molecular weight is 596 g/mol. The molecule has 0 saturated heterocycles. The number of benzene rings is 4. The molecule has 7 N–H and O–H groups in total. The molecular weight excluding hydrogens is 574 g/mol. The van der Waals surface area contributed by atoms with Gasteiger partial charge in [0.05, 0.1) is 27.0 Å². The van der Waals surface area contributed by atoms with Gasteiger partial charge in [-0.1, -0.05) is 18.2 Å². The highest BCUT2D eigenvalue weighted by Crippen LogP contribution is 2.25. The van der Waals surface area contributed by atoms with Crippen LogP contribution in [0.4, 0.5) is 23.3 Å². The molecule has 0 fully saturated rings. The molecule has 3 aromatic heterocycles. The van der Waals surface area contributed by atoms with Crippen molar-refractivity contribution in [3.63, 3.8) is 0 Å².